The van der Waals surface area contributed by atoms with Gasteiger partial charge in [0.2, 0.25) is 0 Å². The molecule has 2 N–H and O–H groups in total. The second-order valence-electron chi connectivity index (χ2n) is 6.30. The average molecular weight is 349 g/mol. The van der Waals surface area contributed by atoms with Crippen molar-refractivity contribution in [2.75, 3.05) is 4.90 Å². The lowest BCUT2D eigenvalue weighted by Crippen LogP contribution is -2.36. The van der Waals surface area contributed by atoms with Gasteiger partial charge in [0, 0.05) is 11.6 Å². The third-order valence-electron chi connectivity index (χ3n) is 4.74. The lowest BCUT2D eigenvalue weighted by Gasteiger charge is -2.37. The molecule has 1 aliphatic heterocycles. The van der Waals surface area contributed by atoms with Gasteiger partial charge >= 0.3 is 0 Å². The number of phenolic OH excluding ortho intramolecular Hbond substituents is 2. The summed E-state index contributed by atoms with van der Waals surface area (Å²) >= 11 is 0. The topological polar surface area (TPSA) is 60.8 Å². The van der Waals surface area contributed by atoms with E-state index in [1.807, 2.05) is 31.2 Å². The number of hydrogen-bond acceptors (Lipinski definition) is 3. The van der Waals surface area contributed by atoms with Crippen molar-refractivity contribution in [2.24, 2.45) is 0 Å². The fraction of sp³-hybridized carbons (Fsp3) is 0.0952. The highest BCUT2D eigenvalue weighted by Gasteiger charge is 2.33. The number of carbonyl (C=O) groups excluding carboxylic acids is 1. The van der Waals surface area contributed by atoms with Crippen molar-refractivity contribution in [2.45, 2.75) is 13.0 Å². The van der Waals surface area contributed by atoms with E-state index >= 15 is 0 Å². The first-order valence-corrected chi connectivity index (χ1v) is 8.22. The van der Waals surface area contributed by atoms with Crippen LogP contribution in [-0.4, -0.2) is 16.1 Å². The van der Waals surface area contributed by atoms with E-state index in [0.717, 1.165) is 22.8 Å². The van der Waals surface area contributed by atoms with Gasteiger partial charge < -0.3 is 15.1 Å². The van der Waals surface area contributed by atoms with Crippen LogP contribution in [0.2, 0.25) is 0 Å². The fourth-order valence-corrected chi connectivity index (χ4v) is 3.50. The Labute approximate surface area is 149 Å². The van der Waals surface area contributed by atoms with Crippen LogP contribution < -0.4 is 4.90 Å². The molecular formula is C21H16FNO3. The molecule has 0 bridgehead atoms. The second kappa shape index (κ2) is 5.88. The highest BCUT2D eigenvalue weighted by molar-refractivity contribution is 6.11. The number of halogens is 1. The highest BCUT2D eigenvalue weighted by Crippen LogP contribution is 2.45. The Morgan fingerprint density at radius 1 is 1.00 bits per heavy atom. The van der Waals surface area contributed by atoms with Gasteiger partial charge in [0.1, 0.15) is 17.3 Å². The fourth-order valence-electron chi connectivity index (χ4n) is 3.50. The van der Waals surface area contributed by atoms with Crippen molar-refractivity contribution in [1.29, 1.82) is 0 Å². The molecule has 0 saturated heterocycles. The zero-order valence-electron chi connectivity index (χ0n) is 14.0. The number of hydrogen-bond donors (Lipinski definition) is 2. The van der Waals surface area contributed by atoms with Crippen molar-refractivity contribution in [3.05, 3.63) is 77.6 Å². The maximum atomic E-state index is 13.9. The molecule has 0 fully saturated rings. The quantitative estimate of drug-likeness (QED) is 0.674. The molecule has 3 aromatic rings. The minimum Gasteiger partial charge on any atom is -0.508 e. The van der Waals surface area contributed by atoms with Crippen LogP contribution in [0.3, 0.4) is 0 Å². The summed E-state index contributed by atoms with van der Waals surface area (Å²) in [5.74, 6) is -1.36. The zero-order valence-corrected chi connectivity index (χ0v) is 14.0. The minimum atomic E-state index is -0.462. The van der Waals surface area contributed by atoms with Crippen LogP contribution in [-0.2, 0) is 0 Å². The number of fused-ring (bicyclic) bond motifs is 3. The smallest absolute Gasteiger partial charge is 0.262 e. The lowest BCUT2D eigenvalue weighted by molar-refractivity contribution is 0.0975. The number of aromatic hydroxyl groups is 2. The molecule has 4 rings (SSSR count). The summed E-state index contributed by atoms with van der Waals surface area (Å²) in [4.78, 5) is 14.7. The first-order chi connectivity index (χ1) is 12.5. The van der Waals surface area contributed by atoms with Gasteiger partial charge in [-0.1, -0.05) is 24.3 Å². The molecular weight excluding hydrogens is 333 g/mol. The summed E-state index contributed by atoms with van der Waals surface area (Å²) in [6.07, 6.45) is 0. The standard InChI is InChI=1S/C21H16FNO3/c1-12-15-4-2-3-5-16(15)17-8-6-13(22)10-19(17)23(12)21(26)18-9-7-14(24)11-20(18)25/h2-12,24-25H,1H3. The van der Waals surface area contributed by atoms with Crippen molar-refractivity contribution in [3.63, 3.8) is 0 Å². The van der Waals surface area contributed by atoms with Crippen LogP contribution in [0, 0.1) is 5.82 Å². The van der Waals surface area contributed by atoms with Gasteiger partial charge in [-0.25, -0.2) is 4.39 Å². The predicted molar refractivity (Wildman–Crippen MR) is 96.8 cm³/mol. The van der Waals surface area contributed by atoms with Gasteiger partial charge in [0.25, 0.3) is 5.91 Å². The van der Waals surface area contributed by atoms with Crippen LogP contribution in [0.4, 0.5) is 10.1 Å². The normalized spacial score (nSPS) is 15.3. The minimum absolute atomic E-state index is 0.0456. The number of anilines is 1. The van der Waals surface area contributed by atoms with Gasteiger partial charge in [0.05, 0.1) is 17.3 Å². The Hall–Kier alpha value is -3.34. The Morgan fingerprint density at radius 2 is 1.77 bits per heavy atom. The molecule has 0 spiro atoms. The van der Waals surface area contributed by atoms with E-state index in [1.165, 1.54) is 29.2 Å². The first-order valence-electron chi connectivity index (χ1n) is 8.22. The van der Waals surface area contributed by atoms with Crippen LogP contribution in [0.25, 0.3) is 11.1 Å². The number of nitrogens with zero attached hydrogens (tertiary/aromatic N) is 1. The van der Waals surface area contributed by atoms with E-state index in [9.17, 15) is 19.4 Å². The van der Waals surface area contributed by atoms with E-state index in [-0.39, 0.29) is 23.1 Å². The van der Waals surface area contributed by atoms with E-state index in [0.29, 0.717) is 5.69 Å². The molecule has 0 saturated carbocycles. The number of carbonyl (C=O) groups is 1. The van der Waals surface area contributed by atoms with Crippen LogP contribution in [0.1, 0.15) is 28.9 Å². The average Bonchev–Trinajstić information content (AvgIpc) is 2.61. The van der Waals surface area contributed by atoms with Crippen LogP contribution in [0.5, 0.6) is 11.5 Å². The summed E-state index contributed by atoms with van der Waals surface area (Å²) in [6.45, 7) is 1.86. The van der Waals surface area contributed by atoms with Crippen LogP contribution in [0.15, 0.2) is 60.7 Å². The third kappa shape index (κ3) is 2.40. The molecule has 4 nitrogen and oxygen atoms in total. The molecule has 1 atom stereocenters. The largest absolute Gasteiger partial charge is 0.508 e. The molecule has 130 valence electrons. The van der Waals surface area contributed by atoms with Gasteiger partial charge in [-0.2, -0.15) is 0 Å². The predicted octanol–water partition coefficient (Wildman–Crippen LogP) is 4.63. The number of amides is 1. The number of benzene rings is 3. The molecule has 0 aliphatic carbocycles. The Morgan fingerprint density at radius 3 is 2.54 bits per heavy atom. The van der Waals surface area contributed by atoms with E-state index in [2.05, 4.69) is 0 Å². The number of rotatable bonds is 1. The molecule has 1 unspecified atom stereocenters. The molecule has 5 heteroatoms. The monoisotopic (exact) mass is 349 g/mol. The van der Waals surface area contributed by atoms with Crippen molar-refractivity contribution in [3.8, 4) is 22.6 Å². The molecule has 1 amide bonds. The Kier molecular flexibility index (Phi) is 3.65. The van der Waals surface area contributed by atoms with Crippen molar-refractivity contribution < 1.29 is 19.4 Å². The molecule has 26 heavy (non-hydrogen) atoms. The number of phenols is 2. The summed E-state index contributed by atoms with van der Waals surface area (Å²) in [7, 11) is 0. The summed E-state index contributed by atoms with van der Waals surface area (Å²) in [5.41, 5.74) is 3.15. The van der Waals surface area contributed by atoms with Crippen molar-refractivity contribution >= 4 is 11.6 Å². The van der Waals surface area contributed by atoms with Crippen LogP contribution >= 0.6 is 0 Å². The molecule has 0 aromatic heterocycles. The van der Waals surface area contributed by atoms with Gasteiger partial charge in [-0.3, -0.25) is 4.79 Å². The SMILES string of the molecule is CC1c2ccccc2-c2ccc(F)cc2N1C(=O)c1ccc(O)cc1O. The molecule has 1 heterocycles. The highest BCUT2D eigenvalue weighted by atomic mass is 19.1. The van der Waals surface area contributed by atoms with E-state index < -0.39 is 11.7 Å². The van der Waals surface area contributed by atoms with Crippen molar-refractivity contribution in [1.82, 2.24) is 0 Å². The Balaban J connectivity index is 1.92. The maximum absolute atomic E-state index is 13.9. The van der Waals surface area contributed by atoms with Gasteiger partial charge in [-0.05, 0) is 48.4 Å². The van der Waals surface area contributed by atoms with E-state index in [4.69, 9.17) is 0 Å². The maximum Gasteiger partial charge on any atom is 0.262 e. The first kappa shape index (κ1) is 16.1. The van der Waals surface area contributed by atoms with Gasteiger partial charge in [0.15, 0.2) is 0 Å². The third-order valence-corrected chi connectivity index (χ3v) is 4.74. The molecule has 1 aliphatic rings. The van der Waals surface area contributed by atoms with Gasteiger partial charge in [-0.15, -0.1) is 0 Å². The molecule has 0 radical (unpaired) electrons. The summed E-state index contributed by atoms with van der Waals surface area (Å²) in [6, 6.07) is 15.5. The Bertz CT molecular complexity index is 1030. The van der Waals surface area contributed by atoms with E-state index in [1.54, 1.807) is 6.07 Å². The zero-order chi connectivity index (χ0) is 18.4. The second-order valence-corrected chi connectivity index (χ2v) is 6.30. The summed E-state index contributed by atoms with van der Waals surface area (Å²) < 4.78 is 13.9. The lowest BCUT2D eigenvalue weighted by atomic mass is 9.88. The summed E-state index contributed by atoms with van der Waals surface area (Å²) in [5, 5.41) is 19.6. The molecule has 3 aromatic carbocycles.